The van der Waals surface area contributed by atoms with E-state index >= 15 is 0 Å². The lowest BCUT2D eigenvalue weighted by Crippen LogP contribution is -2.25. The number of hydrogen-bond acceptors (Lipinski definition) is 4. The molecule has 114 valence electrons. The van der Waals surface area contributed by atoms with Gasteiger partial charge in [0, 0.05) is 12.7 Å². The van der Waals surface area contributed by atoms with Crippen LogP contribution in [-0.2, 0) is 11.8 Å². The van der Waals surface area contributed by atoms with Gasteiger partial charge in [0.2, 0.25) is 0 Å². The van der Waals surface area contributed by atoms with E-state index in [9.17, 15) is 9.59 Å². The maximum Gasteiger partial charge on any atom is 0.262 e. The van der Waals surface area contributed by atoms with Crippen LogP contribution in [-0.4, -0.2) is 28.2 Å². The molecule has 1 aromatic carbocycles. The Kier molecular flexibility index (Phi) is 3.50. The number of aromatic nitrogens is 2. The summed E-state index contributed by atoms with van der Waals surface area (Å²) in [4.78, 5) is 23.7. The van der Waals surface area contributed by atoms with Crippen molar-refractivity contribution in [2.75, 3.05) is 17.2 Å². The molecule has 0 saturated carbocycles. The van der Waals surface area contributed by atoms with Crippen molar-refractivity contribution in [1.29, 1.82) is 0 Å². The molecule has 0 aliphatic carbocycles. The van der Waals surface area contributed by atoms with Gasteiger partial charge in [-0.1, -0.05) is 11.6 Å². The van der Waals surface area contributed by atoms with Crippen LogP contribution in [0.2, 0.25) is 5.15 Å². The van der Waals surface area contributed by atoms with Gasteiger partial charge in [-0.3, -0.25) is 14.3 Å². The molecule has 1 aliphatic heterocycles. The maximum atomic E-state index is 12.3. The summed E-state index contributed by atoms with van der Waals surface area (Å²) < 4.78 is 6.70. The molecule has 1 aromatic heterocycles. The number of carbonyl (C=O) groups is 2. The average Bonchev–Trinajstić information content (AvgIpc) is 2.71. The second kappa shape index (κ2) is 5.34. The Balaban J connectivity index is 1.85. The molecule has 2 aromatic rings. The molecule has 0 bridgehead atoms. The highest BCUT2D eigenvalue weighted by molar-refractivity contribution is 6.33. The Morgan fingerprint density at radius 2 is 2.27 bits per heavy atom. The average molecular weight is 321 g/mol. The van der Waals surface area contributed by atoms with E-state index < -0.39 is 0 Å². The van der Waals surface area contributed by atoms with Gasteiger partial charge in [-0.05, 0) is 25.1 Å². The van der Waals surface area contributed by atoms with Gasteiger partial charge in [-0.15, -0.1) is 0 Å². The predicted molar refractivity (Wildman–Crippen MR) is 81.5 cm³/mol. The van der Waals surface area contributed by atoms with E-state index in [2.05, 4.69) is 15.7 Å². The molecule has 0 atom stereocenters. The summed E-state index contributed by atoms with van der Waals surface area (Å²) in [6, 6.07) is 5.00. The fourth-order valence-electron chi connectivity index (χ4n) is 2.24. The van der Waals surface area contributed by atoms with Crippen LogP contribution in [0.25, 0.3) is 0 Å². The Bertz CT molecular complexity index is 785. The van der Waals surface area contributed by atoms with Crippen LogP contribution >= 0.6 is 11.6 Å². The van der Waals surface area contributed by atoms with Crippen molar-refractivity contribution >= 4 is 34.8 Å². The van der Waals surface area contributed by atoms with Gasteiger partial charge < -0.3 is 15.4 Å². The fraction of sp³-hybridized carbons (Fsp3) is 0.214. The number of benzene rings is 1. The molecular formula is C14H13ClN4O3. The van der Waals surface area contributed by atoms with Gasteiger partial charge in [-0.2, -0.15) is 5.10 Å². The van der Waals surface area contributed by atoms with Crippen molar-refractivity contribution in [3.8, 4) is 5.75 Å². The highest BCUT2D eigenvalue weighted by Crippen LogP contribution is 2.31. The minimum absolute atomic E-state index is 0.0107. The van der Waals surface area contributed by atoms with Gasteiger partial charge in [0.25, 0.3) is 11.8 Å². The minimum Gasteiger partial charge on any atom is -0.482 e. The second-order valence-corrected chi connectivity index (χ2v) is 5.23. The van der Waals surface area contributed by atoms with Crippen molar-refractivity contribution in [2.24, 2.45) is 7.05 Å². The van der Waals surface area contributed by atoms with E-state index in [-0.39, 0.29) is 23.6 Å². The quantitative estimate of drug-likeness (QED) is 0.886. The molecule has 0 radical (unpaired) electrons. The van der Waals surface area contributed by atoms with E-state index in [0.29, 0.717) is 28.4 Å². The highest BCUT2D eigenvalue weighted by Gasteiger charge is 2.20. The van der Waals surface area contributed by atoms with Gasteiger partial charge in [0.1, 0.15) is 10.9 Å². The molecular weight excluding hydrogens is 308 g/mol. The number of nitrogens with zero attached hydrogens (tertiary/aromatic N) is 2. The number of nitrogens with one attached hydrogen (secondary N) is 2. The number of anilines is 2. The fourth-order valence-corrected chi connectivity index (χ4v) is 2.50. The van der Waals surface area contributed by atoms with Crippen molar-refractivity contribution in [1.82, 2.24) is 9.78 Å². The number of hydrogen-bond donors (Lipinski definition) is 2. The summed E-state index contributed by atoms with van der Waals surface area (Å²) in [5, 5.41) is 9.79. The number of fused-ring (bicyclic) bond motifs is 1. The predicted octanol–water partition coefficient (Wildman–Crippen LogP) is 1.97. The summed E-state index contributed by atoms with van der Waals surface area (Å²) >= 11 is 6.07. The van der Waals surface area contributed by atoms with Crippen LogP contribution < -0.4 is 15.4 Å². The zero-order valence-electron chi connectivity index (χ0n) is 11.9. The molecule has 22 heavy (non-hydrogen) atoms. The van der Waals surface area contributed by atoms with E-state index in [1.165, 1.54) is 4.68 Å². The van der Waals surface area contributed by atoms with Crippen molar-refractivity contribution in [3.63, 3.8) is 0 Å². The molecule has 3 rings (SSSR count). The Morgan fingerprint density at radius 1 is 1.50 bits per heavy atom. The smallest absolute Gasteiger partial charge is 0.262 e. The molecule has 2 N–H and O–H groups in total. The molecule has 2 heterocycles. The number of ether oxygens (including phenoxy) is 1. The summed E-state index contributed by atoms with van der Waals surface area (Å²) in [5.41, 5.74) is 1.90. The lowest BCUT2D eigenvalue weighted by molar-refractivity contribution is -0.118. The molecule has 8 heteroatoms. The summed E-state index contributed by atoms with van der Waals surface area (Å²) in [7, 11) is 1.66. The van der Waals surface area contributed by atoms with Crippen LogP contribution in [0.5, 0.6) is 5.75 Å². The topological polar surface area (TPSA) is 85.3 Å². The zero-order valence-corrected chi connectivity index (χ0v) is 12.7. The van der Waals surface area contributed by atoms with Crippen LogP contribution in [0.3, 0.4) is 0 Å². The molecule has 0 fully saturated rings. The first-order valence-corrected chi connectivity index (χ1v) is 6.90. The van der Waals surface area contributed by atoms with Crippen molar-refractivity contribution < 1.29 is 14.3 Å². The zero-order chi connectivity index (χ0) is 15.9. The highest BCUT2D eigenvalue weighted by atomic mass is 35.5. The van der Waals surface area contributed by atoms with Crippen molar-refractivity contribution in [2.45, 2.75) is 6.92 Å². The third kappa shape index (κ3) is 2.50. The van der Waals surface area contributed by atoms with Crippen LogP contribution in [0.1, 0.15) is 16.1 Å². The third-order valence-electron chi connectivity index (χ3n) is 3.25. The first-order valence-electron chi connectivity index (χ1n) is 6.53. The maximum absolute atomic E-state index is 12.3. The Hall–Kier alpha value is -2.54. The standard InChI is InChI=1S/C14H13ClN4O3/c1-7-12(13(15)19(2)18-7)14(21)16-8-3-4-10-9(5-8)17-11(20)6-22-10/h3-5H,6H2,1-2H3,(H,16,21)(H,17,20). The molecule has 0 spiro atoms. The molecule has 0 unspecified atom stereocenters. The first kappa shape index (κ1) is 14.4. The number of halogens is 1. The van der Waals surface area contributed by atoms with E-state index in [1.54, 1.807) is 32.2 Å². The SMILES string of the molecule is Cc1nn(C)c(Cl)c1C(=O)Nc1ccc2c(c1)NC(=O)CO2. The van der Waals surface area contributed by atoms with Gasteiger partial charge in [0.05, 0.1) is 16.9 Å². The van der Waals surface area contributed by atoms with Gasteiger partial charge in [-0.25, -0.2) is 0 Å². The molecule has 0 saturated heterocycles. The van der Waals surface area contributed by atoms with E-state index in [0.717, 1.165) is 0 Å². The largest absolute Gasteiger partial charge is 0.482 e. The van der Waals surface area contributed by atoms with E-state index in [1.807, 2.05) is 0 Å². The number of amides is 2. The Labute approximate surface area is 131 Å². The van der Waals surface area contributed by atoms with Crippen LogP contribution in [0, 0.1) is 6.92 Å². The summed E-state index contributed by atoms with van der Waals surface area (Å²) in [6.45, 7) is 1.70. The van der Waals surface area contributed by atoms with Gasteiger partial charge >= 0.3 is 0 Å². The molecule has 2 amide bonds. The summed E-state index contributed by atoms with van der Waals surface area (Å²) in [5.74, 6) is -0.0334. The number of carbonyl (C=O) groups excluding carboxylic acids is 2. The van der Waals surface area contributed by atoms with E-state index in [4.69, 9.17) is 16.3 Å². The minimum atomic E-state index is -0.362. The Morgan fingerprint density at radius 3 is 2.95 bits per heavy atom. The second-order valence-electron chi connectivity index (χ2n) is 4.88. The van der Waals surface area contributed by atoms with Crippen LogP contribution in [0.15, 0.2) is 18.2 Å². The van der Waals surface area contributed by atoms with Crippen molar-refractivity contribution in [3.05, 3.63) is 34.6 Å². The molecule has 7 nitrogen and oxygen atoms in total. The summed E-state index contributed by atoms with van der Waals surface area (Å²) in [6.07, 6.45) is 0. The monoisotopic (exact) mass is 320 g/mol. The first-order chi connectivity index (χ1) is 10.5. The number of aryl methyl sites for hydroxylation is 2. The van der Waals surface area contributed by atoms with Gasteiger partial charge in [0.15, 0.2) is 6.61 Å². The molecule has 1 aliphatic rings. The number of rotatable bonds is 2. The van der Waals surface area contributed by atoms with Crippen LogP contribution in [0.4, 0.5) is 11.4 Å². The lowest BCUT2D eigenvalue weighted by Gasteiger charge is -2.18. The normalized spacial score (nSPS) is 13.1. The lowest BCUT2D eigenvalue weighted by atomic mass is 10.2. The third-order valence-corrected chi connectivity index (χ3v) is 3.68.